The van der Waals surface area contributed by atoms with Crippen LogP contribution in [0.15, 0.2) is 48.8 Å². The SMILES string of the molecule is CC(C)C(=O)OC[C@H]1C[C@@H]1c1cncc(OCc2ccccc2)c1. The number of aromatic nitrogens is 1. The molecule has 0 spiro atoms. The quantitative estimate of drug-likeness (QED) is 0.723. The monoisotopic (exact) mass is 325 g/mol. The molecule has 126 valence electrons. The number of ether oxygens (including phenoxy) is 2. The Labute approximate surface area is 142 Å². The maximum Gasteiger partial charge on any atom is 0.308 e. The number of carbonyl (C=O) groups is 1. The van der Waals surface area contributed by atoms with E-state index in [1.165, 1.54) is 0 Å². The molecule has 24 heavy (non-hydrogen) atoms. The van der Waals surface area contributed by atoms with Crippen molar-refractivity contribution < 1.29 is 14.3 Å². The Kier molecular flexibility index (Phi) is 5.14. The van der Waals surface area contributed by atoms with Crippen molar-refractivity contribution in [1.82, 2.24) is 4.98 Å². The van der Waals surface area contributed by atoms with Gasteiger partial charge in [-0.15, -0.1) is 0 Å². The van der Waals surface area contributed by atoms with Crippen LogP contribution >= 0.6 is 0 Å². The van der Waals surface area contributed by atoms with Crippen LogP contribution in [0, 0.1) is 11.8 Å². The molecule has 0 unspecified atom stereocenters. The predicted molar refractivity (Wildman–Crippen MR) is 91.7 cm³/mol. The topological polar surface area (TPSA) is 48.4 Å². The number of esters is 1. The summed E-state index contributed by atoms with van der Waals surface area (Å²) >= 11 is 0. The number of rotatable bonds is 7. The van der Waals surface area contributed by atoms with Gasteiger partial charge in [-0.1, -0.05) is 44.2 Å². The fraction of sp³-hybridized carbons (Fsp3) is 0.400. The van der Waals surface area contributed by atoms with Crippen molar-refractivity contribution in [2.45, 2.75) is 32.8 Å². The second kappa shape index (κ2) is 7.47. The number of nitrogens with zero attached hydrogens (tertiary/aromatic N) is 1. The highest BCUT2D eigenvalue weighted by molar-refractivity contribution is 5.71. The Morgan fingerprint density at radius 1 is 1.25 bits per heavy atom. The molecule has 4 nitrogen and oxygen atoms in total. The Bertz CT molecular complexity index is 684. The van der Waals surface area contributed by atoms with Gasteiger partial charge < -0.3 is 9.47 Å². The van der Waals surface area contributed by atoms with Crippen LogP contribution < -0.4 is 4.74 Å². The van der Waals surface area contributed by atoms with Crippen molar-refractivity contribution >= 4 is 5.97 Å². The molecule has 1 heterocycles. The molecule has 1 fully saturated rings. The van der Waals surface area contributed by atoms with Gasteiger partial charge in [-0.25, -0.2) is 0 Å². The average molecular weight is 325 g/mol. The second-order valence-corrected chi connectivity index (χ2v) is 6.62. The number of pyridine rings is 1. The maximum atomic E-state index is 11.5. The third kappa shape index (κ3) is 4.34. The fourth-order valence-corrected chi connectivity index (χ4v) is 2.65. The van der Waals surface area contributed by atoms with E-state index in [9.17, 15) is 4.79 Å². The van der Waals surface area contributed by atoms with E-state index in [4.69, 9.17) is 9.47 Å². The van der Waals surface area contributed by atoms with Gasteiger partial charge >= 0.3 is 5.97 Å². The first-order chi connectivity index (χ1) is 11.6. The summed E-state index contributed by atoms with van der Waals surface area (Å²) in [7, 11) is 0. The first-order valence-electron chi connectivity index (χ1n) is 8.42. The molecule has 2 atom stereocenters. The molecule has 1 aromatic heterocycles. The molecule has 0 saturated heterocycles. The van der Waals surface area contributed by atoms with Crippen molar-refractivity contribution in [2.75, 3.05) is 6.61 Å². The minimum Gasteiger partial charge on any atom is -0.487 e. The Balaban J connectivity index is 1.52. The number of benzene rings is 1. The van der Waals surface area contributed by atoms with E-state index in [-0.39, 0.29) is 11.9 Å². The lowest BCUT2D eigenvalue weighted by Crippen LogP contribution is -2.13. The number of carbonyl (C=O) groups excluding carboxylic acids is 1. The normalized spacial score (nSPS) is 19.1. The first-order valence-corrected chi connectivity index (χ1v) is 8.42. The molecular formula is C20H23NO3. The second-order valence-electron chi connectivity index (χ2n) is 6.62. The highest BCUT2D eigenvalue weighted by Gasteiger charge is 2.39. The molecule has 1 aromatic carbocycles. The summed E-state index contributed by atoms with van der Waals surface area (Å²) in [4.78, 5) is 15.8. The first kappa shape index (κ1) is 16.5. The summed E-state index contributed by atoms with van der Waals surface area (Å²) in [5.74, 6) is 1.40. The third-order valence-corrected chi connectivity index (χ3v) is 4.24. The lowest BCUT2D eigenvalue weighted by molar-refractivity contribution is -0.147. The van der Waals surface area contributed by atoms with Crippen molar-refractivity contribution in [3.8, 4) is 5.75 Å². The van der Waals surface area contributed by atoms with E-state index < -0.39 is 0 Å². The van der Waals surface area contributed by atoms with Gasteiger partial charge in [0.1, 0.15) is 12.4 Å². The van der Waals surface area contributed by atoms with E-state index in [0.717, 1.165) is 23.3 Å². The van der Waals surface area contributed by atoms with Crippen molar-refractivity contribution in [3.05, 3.63) is 59.9 Å². The van der Waals surface area contributed by atoms with Gasteiger partial charge in [0, 0.05) is 12.1 Å². The van der Waals surface area contributed by atoms with Crippen molar-refractivity contribution in [2.24, 2.45) is 11.8 Å². The zero-order chi connectivity index (χ0) is 16.9. The Morgan fingerprint density at radius 3 is 2.79 bits per heavy atom. The summed E-state index contributed by atoms with van der Waals surface area (Å²) in [5, 5.41) is 0. The molecule has 0 aliphatic heterocycles. The molecule has 1 saturated carbocycles. The third-order valence-electron chi connectivity index (χ3n) is 4.24. The predicted octanol–water partition coefficient (Wildman–Crippen LogP) is 3.96. The Hall–Kier alpha value is -2.36. The molecule has 0 N–H and O–H groups in total. The van der Waals surface area contributed by atoms with Crippen LogP contribution in [-0.4, -0.2) is 17.6 Å². The average Bonchev–Trinajstić information content (AvgIpc) is 3.38. The molecule has 3 rings (SSSR count). The van der Waals surface area contributed by atoms with Crippen LogP contribution in [0.5, 0.6) is 5.75 Å². The minimum atomic E-state index is -0.126. The van der Waals surface area contributed by atoms with E-state index in [1.807, 2.05) is 56.4 Å². The van der Waals surface area contributed by atoms with Crippen LogP contribution in [0.2, 0.25) is 0 Å². The maximum absolute atomic E-state index is 11.5. The lowest BCUT2D eigenvalue weighted by Gasteiger charge is -2.08. The minimum absolute atomic E-state index is 0.0708. The van der Waals surface area contributed by atoms with Crippen LogP contribution in [0.3, 0.4) is 0 Å². The van der Waals surface area contributed by atoms with E-state index in [2.05, 4.69) is 4.98 Å². The molecule has 2 aromatic rings. The highest BCUT2D eigenvalue weighted by Crippen LogP contribution is 2.47. The van der Waals surface area contributed by atoms with Crippen LogP contribution in [0.4, 0.5) is 0 Å². The summed E-state index contributed by atoms with van der Waals surface area (Å²) < 4.78 is 11.2. The van der Waals surface area contributed by atoms with Crippen LogP contribution in [0.1, 0.15) is 37.3 Å². The number of hydrogen-bond acceptors (Lipinski definition) is 4. The molecule has 1 aliphatic carbocycles. The molecular weight excluding hydrogens is 302 g/mol. The van der Waals surface area contributed by atoms with Gasteiger partial charge in [0.05, 0.1) is 18.7 Å². The van der Waals surface area contributed by atoms with Gasteiger partial charge in [0.15, 0.2) is 0 Å². The smallest absolute Gasteiger partial charge is 0.308 e. The van der Waals surface area contributed by atoms with E-state index in [0.29, 0.717) is 25.0 Å². The van der Waals surface area contributed by atoms with Gasteiger partial charge in [-0.05, 0) is 29.5 Å². The number of hydrogen-bond donors (Lipinski definition) is 0. The summed E-state index contributed by atoms with van der Waals surface area (Å²) in [6.45, 7) is 4.73. The Morgan fingerprint density at radius 2 is 2.04 bits per heavy atom. The zero-order valence-electron chi connectivity index (χ0n) is 14.1. The van der Waals surface area contributed by atoms with E-state index >= 15 is 0 Å². The van der Waals surface area contributed by atoms with Crippen LogP contribution in [0.25, 0.3) is 0 Å². The largest absolute Gasteiger partial charge is 0.487 e. The van der Waals surface area contributed by atoms with Crippen LogP contribution in [-0.2, 0) is 16.1 Å². The van der Waals surface area contributed by atoms with E-state index in [1.54, 1.807) is 6.20 Å². The summed E-state index contributed by atoms with van der Waals surface area (Å²) in [5.41, 5.74) is 2.29. The molecule has 0 bridgehead atoms. The molecule has 1 aliphatic rings. The fourth-order valence-electron chi connectivity index (χ4n) is 2.65. The van der Waals surface area contributed by atoms with Crippen molar-refractivity contribution in [1.29, 1.82) is 0 Å². The van der Waals surface area contributed by atoms with Gasteiger partial charge in [-0.2, -0.15) is 0 Å². The lowest BCUT2D eigenvalue weighted by atomic mass is 10.1. The highest BCUT2D eigenvalue weighted by atomic mass is 16.5. The molecule has 0 amide bonds. The standard InChI is InChI=1S/C20H23NO3/c1-14(2)20(22)24-13-17-9-19(17)16-8-18(11-21-10-16)23-12-15-6-4-3-5-7-15/h3-8,10-11,14,17,19H,9,12-13H2,1-2H3/t17-,19-/m1/s1. The summed E-state index contributed by atoms with van der Waals surface area (Å²) in [6.07, 6.45) is 4.65. The summed E-state index contributed by atoms with van der Waals surface area (Å²) in [6, 6.07) is 12.1. The van der Waals surface area contributed by atoms with Gasteiger partial charge in [-0.3, -0.25) is 9.78 Å². The van der Waals surface area contributed by atoms with Gasteiger partial charge in [0.25, 0.3) is 0 Å². The van der Waals surface area contributed by atoms with Crippen molar-refractivity contribution in [3.63, 3.8) is 0 Å². The molecule has 0 radical (unpaired) electrons. The van der Waals surface area contributed by atoms with Gasteiger partial charge in [0.2, 0.25) is 0 Å². The zero-order valence-corrected chi connectivity index (χ0v) is 14.1. The molecule has 4 heteroatoms.